The van der Waals surface area contributed by atoms with Crippen molar-refractivity contribution >= 4 is 17.7 Å². The van der Waals surface area contributed by atoms with Gasteiger partial charge in [0.2, 0.25) is 5.91 Å². The molecule has 1 N–H and O–H groups in total. The largest absolute Gasteiger partial charge is 0.353 e. The van der Waals surface area contributed by atoms with Crippen molar-refractivity contribution in [2.75, 3.05) is 5.75 Å². The van der Waals surface area contributed by atoms with Gasteiger partial charge >= 0.3 is 0 Å². The van der Waals surface area contributed by atoms with Crippen molar-refractivity contribution in [1.29, 1.82) is 0 Å². The highest BCUT2D eigenvalue weighted by Gasteiger charge is 2.19. The fourth-order valence-corrected chi connectivity index (χ4v) is 4.93. The summed E-state index contributed by atoms with van der Waals surface area (Å²) in [5, 5.41) is 12.8. The third-order valence-electron chi connectivity index (χ3n) is 5.98. The quantitative estimate of drug-likeness (QED) is 0.501. The van der Waals surface area contributed by atoms with E-state index in [1.807, 2.05) is 16.7 Å². The van der Waals surface area contributed by atoms with Gasteiger partial charge in [-0.05, 0) is 49.1 Å². The van der Waals surface area contributed by atoms with Gasteiger partial charge in [-0.1, -0.05) is 62.9 Å². The molecule has 0 spiro atoms. The molecule has 6 nitrogen and oxygen atoms in total. The number of hydrogen-bond acceptors (Lipinski definition) is 5. The number of aromatic nitrogens is 4. The number of amides is 1. The van der Waals surface area contributed by atoms with E-state index in [-0.39, 0.29) is 5.91 Å². The number of carbonyl (C=O) groups is 1. The van der Waals surface area contributed by atoms with Crippen LogP contribution in [-0.2, 0) is 11.2 Å². The monoisotopic (exact) mass is 449 g/mol. The van der Waals surface area contributed by atoms with E-state index in [1.54, 1.807) is 12.4 Å². The lowest BCUT2D eigenvalue weighted by atomic mass is 9.97. The summed E-state index contributed by atoms with van der Waals surface area (Å²) in [7, 11) is 0. The Morgan fingerprint density at radius 3 is 2.38 bits per heavy atom. The zero-order chi connectivity index (χ0) is 22.2. The van der Waals surface area contributed by atoms with Gasteiger partial charge in [0, 0.05) is 29.7 Å². The molecule has 7 heteroatoms. The van der Waals surface area contributed by atoms with Gasteiger partial charge in [-0.25, -0.2) is 0 Å². The molecule has 0 unspecified atom stereocenters. The molecule has 1 aromatic carbocycles. The van der Waals surface area contributed by atoms with Crippen LogP contribution in [0.25, 0.3) is 17.1 Å². The van der Waals surface area contributed by atoms with Crippen LogP contribution in [0.5, 0.6) is 0 Å². The van der Waals surface area contributed by atoms with E-state index >= 15 is 0 Å². The summed E-state index contributed by atoms with van der Waals surface area (Å²) in [6.07, 6.45) is 13.0. The highest BCUT2D eigenvalue weighted by atomic mass is 32.2. The Balaban J connectivity index is 1.51. The van der Waals surface area contributed by atoms with Crippen LogP contribution in [0.3, 0.4) is 0 Å². The van der Waals surface area contributed by atoms with Crippen molar-refractivity contribution in [3.8, 4) is 17.1 Å². The fraction of sp³-hybridized carbons (Fsp3) is 0.440. The van der Waals surface area contributed by atoms with Crippen LogP contribution in [0, 0.1) is 0 Å². The maximum absolute atomic E-state index is 12.7. The maximum atomic E-state index is 12.7. The van der Waals surface area contributed by atoms with Gasteiger partial charge in [0.05, 0.1) is 5.75 Å². The van der Waals surface area contributed by atoms with E-state index in [4.69, 9.17) is 0 Å². The summed E-state index contributed by atoms with van der Waals surface area (Å²) in [5.41, 5.74) is 3.21. The Hall–Kier alpha value is -2.67. The average molecular weight is 450 g/mol. The van der Waals surface area contributed by atoms with Crippen molar-refractivity contribution in [3.63, 3.8) is 0 Å². The van der Waals surface area contributed by atoms with E-state index in [0.717, 1.165) is 36.3 Å². The van der Waals surface area contributed by atoms with E-state index in [9.17, 15) is 4.79 Å². The van der Waals surface area contributed by atoms with Crippen LogP contribution in [0.2, 0.25) is 0 Å². The standard InChI is InChI=1S/C25H31N5OS/c1-2-19-10-12-22(13-11-19)30-24(20-14-16-26-17-15-20)28-29-25(30)32-18-23(31)27-21-8-6-4-3-5-7-9-21/h10-17,21H,2-9,18H2,1H3,(H,27,31). The molecular weight excluding hydrogens is 418 g/mol. The molecule has 2 heterocycles. The summed E-state index contributed by atoms with van der Waals surface area (Å²) < 4.78 is 2.03. The van der Waals surface area contributed by atoms with E-state index in [1.165, 1.54) is 49.4 Å². The zero-order valence-corrected chi connectivity index (χ0v) is 19.5. The zero-order valence-electron chi connectivity index (χ0n) is 18.7. The fourth-order valence-electron chi connectivity index (χ4n) is 4.16. The van der Waals surface area contributed by atoms with Crippen LogP contribution < -0.4 is 5.32 Å². The van der Waals surface area contributed by atoms with Crippen LogP contribution in [0.4, 0.5) is 0 Å². The third-order valence-corrected chi connectivity index (χ3v) is 6.91. The lowest BCUT2D eigenvalue weighted by Gasteiger charge is -2.21. The van der Waals surface area contributed by atoms with E-state index in [0.29, 0.717) is 17.0 Å². The molecule has 2 aromatic heterocycles. The summed E-state index contributed by atoms with van der Waals surface area (Å²) >= 11 is 1.44. The summed E-state index contributed by atoms with van der Waals surface area (Å²) in [6.45, 7) is 2.14. The minimum Gasteiger partial charge on any atom is -0.353 e. The molecule has 1 amide bonds. The lowest BCUT2D eigenvalue weighted by Crippen LogP contribution is -2.36. The third kappa shape index (κ3) is 5.76. The molecule has 168 valence electrons. The van der Waals surface area contributed by atoms with Gasteiger partial charge in [-0.15, -0.1) is 10.2 Å². The molecule has 0 saturated heterocycles. The molecule has 3 aromatic rings. The second-order valence-corrected chi connectivity index (χ2v) is 9.24. The molecule has 0 bridgehead atoms. The smallest absolute Gasteiger partial charge is 0.230 e. The minimum absolute atomic E-state index is 0.0712. The Kier molecular flexibility index (Phi) is 7.93. The van der Waals surface area contributed by atoms with Gasteiger partial charge in [-0.3, -0.25) is 14.3 Å². The molecule has 1 aliphatic carbocycles. The highest BCUT2D eigenvalue weighted by molar-refractivity contribution is 7.99. The van der Waals surface area contributed by atoms with Gasteiger partial charge in [0.25, 0.3) is 0 Å². The van der Waals surface area contributed by atoms with E-state index in [2.05, 4.69) is 51.7 Å². The number of aryl methyl sites for hydroxylation is 1. The number of benzene rings is 1. The normalized spacial score (nSPS) is 15.2. The molecule has 1 saturated carbocycles. The average Bonchev–Trinajstić information content (AvgIpc) is 3.24. The molecular formula is C25H31N5OS. The van der Waals surface area contributed by atoms with Crippen LogP contribution in [0.1, 0.15) is 57.4 Å². The van der Waals surface area contributed by atoms with Crippen molar-refractivity contribution in [3.05, 3.63) is 54.4 Å². The predicted octanol–water partition coefficient (Wildman–Crippen LogP) is 5.21. The first kappa shape index (κ1) is 22.5. The Bertz CT molecular complexity index is 995. The summed E-state index contributed by atoms with van der Waals surface area (Å²) in [6, 6.07) is 12.6. The Morgan fingerprint density at radius 1 is 1.00 bits per heavy atom. The topological polar surface area (TPSA) is 72.7 Å². The number of pyridine rings is 1. The Labute approximate surface area is 194 Å². The van der Waals surface area contributed by atoms with Gasteiger partial charge in [0.1, 0.15) is 0 Å². The van der Waals surface area contributed by atoms with Crippen molar-refractivity contribution in [2.24, 2.45) is 0 Å². The molecule has 0 aliphatic heterocycles. The van der Waals surface area contributed by atoms with Crippen LogP contribution >= 0.6 is 11.8 Å². The van der Waals surface area contributed by atoms with Gasteiger partial charge < -0.3 is 5.32 Å². The summed E-state index contributed by atoms with van der Waals surface area (Å²) in [5.74, 6) is 1.15. The van der Waals surface area contributed by atoms with Crippen molar-refractivity contribution in [2.45, 2.75) is 69.5 Å². The van der Waals surface area contributed by atoms with Crippen molar-refractivity contribution in [1.82, 2.24) is 25.1 Å². The summed E-state index contributed by atoms with van der Waals surface area (Å²) in [4.78, 5) is 16.8. The van der Waals surface area contributed by atoms with Crippen LogP contribution in [-0.4, -0.2) is 37.5 Å². The molecule has 0 radical (unpaired) electrons. The van der Waals surface area contributed by atoms with Gasteiger partial charge in [-0.2, -0.15) is 0 Å². The van der Waals surface area contributed by atoms with E-state index < -0.39 is 0 Å². The molecule has 32 heavy (non-hydrogen) atoms. The Morgan fingerprint density at radius 2 is 1.69 bits per heavy atom. The molecule has 4 rings (SSSR count). The first-order chi connectivity index (χ1) is 15.7. The first-order valence-electron chi connectivity index (χ1n) is 11.6. The van der Waals surface area contributed by atoms with Crippen LogP contribution in [0.15, 0.2) is 53.9 Å². The number of nitrogens with zero attached hydrogens (tertiary/aromatic N) is 4. The number of rotatable bonds is 7. The maximum Gasteiger partial charge on any atom is 0.230 e. The predicted molar refractivity (Wildman–Crippen MR) is 129 cm³/mol. The number of nitrogens with one attached hydrogen (secondary N) is 1. The molecule has 1 aliphatic rings. The highest BCUT2D eigenvalue weighted by Crippen LogP contribution is 2.28. The molecule has 1 fully saturated rings. The second kappa shape index (κ2) is 11.3. The number of thioether (sulfide) groups is 1. The number of hydrogen-bond donors (Lipinski definition) is 1. The van der Waals surface area contributed by atoms with Gasteiger partial charge in [0.15, 0.2) is 11.0 Å². The SMILES string of the molecule is CCc1ccc(-n2c(SCC(=O)NC3CCCCCCC3)nnc2-c2ccncc2)cc1. The van der Waals surface area contributed by atoms with Crippen molar-refractivity contribution < 1.29 is 4.79 Å². The second-order valence-electron chi connectivity index (χ2n) is 8.30. The number of carbonyl (C=O) groups excluding carboxylic acids is 1. The molecule has 0 atom stereocenters. The first-order valence-corrected chi connectivity index (χ1v) is 12.6. The minimum atomic E-state index is 0.0712. The lowest BCUT2D eigenvalue weighted by molar-refractivity contribution is -0.119.